The molecule has 254 valence electrons. The maximum atomic E-state index is 15.2. The third-order valence-corrected chi connectivity index (χ3v) is 14.0. The Morgan fingerprint density at radius 1 is 1.15 bits per heavy atom. The average Bonchev–Trinajstić information content (AvgIpc) is 3.46. The molecular weight excluding hydrogens is 832 g/mol. The summed E-state index contributed by atoms with van der Waals surface area (Å²) in [6.07, 6.45) is 2.04. The van der Waals surface area contributed by atoms with Crippen molar-refractivity contribution in [2.24, 2.45) is 5.41 Å². The minimum atomic E-state index is -4.50. The zero-order chi connectivity index (χ0) is 34.1. The fraction of sp³-hybridized carbons (Fsp3) is 0.412. The standard InChI is InChI=1S/C34H41F4I2NO5/c1-7-23(17-26-19-28(44-6)29(16-22(26)2)45-15-13-40(5)12-8-9-14-42)24-10-11-25(27(35)18-24)20-32(43)41-31-21-30(46-39-31)33(3,4)34(36,37)38/h7,10-11,16-19,21,42H,2,8-9,12-15,20H2,1,3-6H3,(H,41,43)/b23-7+,26-17-. The van der Waals surface area contributed by atoms with Gasteiger partial charge in [-0.05, 0) is 19.4 Å². The molecule has 0 radical (unpaired) electrons. The van der Waals surface area contributed by atoms with E-state index in [4.69, 9.17) is 17.6 Å². The SMILES string of the molecule is C=c1cc(OCCI(C)CCCCO)c(OC)c/c1=C/C(=C\C)c1ccc(CC(=O)NC2=IOC(C(C)(C)C(F)(F)F)=C2)c(F)c1. The van der Waals surface area contributed by atoms with Crippen molar-refractivity contribution < 1.29 is 40.0 Å². The fourth-order valence-corrected chi connectivity index (χ4v) is 9.60. The molecule has 0 saturated heterocycles. The summed E-state index contributed by atoms with van der Waals surface area (Å²) in [6, 6.07) is 8.25. The zero-order valence-electron chi connectivity index (χ0n) is 26.6. The maximum absolute atomic E-state index is 15.2. The van der Waals surface area contributed by atoms with Gasteiger partial charge < -0.3 is 8.38 Å². The first-order chi connectivity index (χ1) is 21.7. The van der Waals surface area contributed by atoms with E-state index in [0.717, 1.165) is 41.9 Å². The average molecular weight is 874 g/mol. The number of benzene rings is 2. The number of carbonyl (C=O) groups is 1. The molecule has 2 aromatic carbocycles. The van der Waals surface area contributed by atoms with E-state index in [9.17, 15) is 18.0 Å². The monoisotopic (exact) mass is 873 g/mol. The van der Waals surface area contributed by atoms with Crippen molar-refractivity contribution in [3.8, 4) is 11.5 Å². The van der Waals surface area contributed by atoms with Crippen LogP contribution in [-0.2, 0) is 14.3 Å². The van der Waals surface area contributed by atoms with Crippen LogP contribution < -0.4 is 25.2 Å². The second kappa shape index (κ2) is 17.1. The number of unbranched alkanes of at least 4 members (excludes halogenated alkanes) is 1. The Kier molecular flexibility index (Phi) is 14.1. The Labute approximate surface area is 285 Å². The number of hydrogen-bond acceptors (Lipinski definition) is 5. The molecule has 2 N–H and O–H groups in total. The Bertz CT molecular complexity index is 1600. The van der Waals surface area contributed by atoms with Crippen LogP contribution in [0.1, 0.15) is 44.7 Å². The summed E-state index contributed by atoms with van der Waals surface area (Å²) in [7, 11) is 1.57. The summed E-state index contributed by atoms with van der Waals surface area (Å²) in [6.45, 7) is 8.87. The second-order valence-corrected chi connectivity index (χ2v) is 19.5. The first kappa shape index (κ1) is 38.0. The van der Waals surface area contributed by atoms with Crippen molar-refractivity contribution in [1.82, 2.24) is 5.32 Å². The Morgan fingerprint density at radius 3 is 2.52 bits per heavy atom. The summed E-state index contributed by atoms with van der Waals surface area (Å²) in [5, 5.41) is 13.0. The van der Waals surface area contributed by atoms with Crippen LogP contribution in [0.2, 0.25) is 0 Å². The van der Waals surface area contributed by atoms with Gasteiger partial charge in [-0.1, -0.05) is 0 Å². The van der Waals surface area contributed by atoms with Gasteiger partial charge in [0.25, 0.3) is 0 Å². The summed E-state index contributed by atoms with van der Waals surface area (Å²) in [4.78, 5) is 14.9. The molecule has 0 atom stereocenters. The third-order valence-electron chi connectivity index (χ3n) is 7.35. The number of methoxy groups -OCH3 is 1. The van der Waals surface area contributed by atoms with Crippen LogP contribution >= 0.6 is 41.0 Å². The Hall–Kier alpha value is -2.46. The van der Waals surface area contributed by atoms with Gasteiger partial charge in [0.05, 0.1) is 6.42 Å². The van der Waals surface area contributed by atoms with Gasteiger partial charge in [0.1, 0.15) is 36.0 Å². The zero-order valence-corrected chi connectivity index (χ0v) is 30.9. The van der Waals surface area contributed by atoms with Gasteiger partial charge in [0.2, 0.25) is 5.91 Å². The van der Waals surface area contributed by atoms with Crippen LogP contribution in [0.4, 0.5) is 17.6 Å². The summed E-state index contributed by atoms with van der Waals surface area (Å²) in [5.41, 5.74) is -0.705. The summed E-state index contributed by atoms with van der Waals surface area (Å²) < 4.78 is 74.7. The summed E-state index contributed by atoms with van der Waals surface area (Å²) >= 11 is -2.39. The predicted molar refractivity (Wildman–Crippen MR) is 194 cm³/mol. The van der Waals surface area contributed by atoms with E-state index in [0.29, 0.717) is 32.5 Å². The number of carbonyl (C=O) groups excluding carboxylic acids is 1. The molecule has 0 saturated carbocycles. The predicted octanol–water partition coefficient (Wildman–Crippen LogP) is 6.59. The Balaban J connectivity index is 1.69. The molecule has 0 bridgehead atoms. The van der Waals surface area contributed by atoms with E-state index >= 15 is 4.39 Å². The van der Waals surface area contributed by atoms with Crippen molar-refractivity contribution in [3.05, 3.63) is 75.6 Å². The molecule has 1 aliphatic heterocycles. The number of aliphatic hydroxyl groups is 1. The number of aliphatic hydroxyl groups excluding tert-OH is 1. The van der Waals surface area contributed by atoms with E-state index in [1.165, 1.54) is 22.6 Å². The first-order valence-corrected chi connectivity index (χ1v) is 21.7. The number of alkyl halides is 6. The van der Waals surface area contributed by atoms with Crippen LogP contribution in [0.3, 0.4) is 0 Å². The van der Waals surface area contributed by atoms with Crippen LogP contribution in [-0.4, -0.2) is 54.9 Å². The van der Waals surface area contributed by atoms with E-state index in [-0.39, 0.29) is 24.4 Å². The number of halogens is 6. The van der Waals surface area contributed by atoms with Crippen molar-refractivity contribution in [1.29, 1.82) is 0 Å². The topological polar surface area (TPSA) is 77.0 Å². The molecule has 0 fully saturated rings. The molecule has 1 aliphatic rings. The molecule has 0 spiro atoms. The number of amides is 1. The molecule has 12 heteroatoms. The number of rotatable bonds is 15. The molecule has 0 aliphatic carbocycles. The molecule has 1 heterocycles. The minimum absolute atomic E-state index is 0.154. The number of hydrogen-bond donors (Lipinski definition) is 2. The van der Waals surface area contributed by atoms with Crippen LogP contribution in [0.15, 0.2) is 48.2 Å². The van der Waals surface area contributed by atoms with Gasteiger partial charge in [-0.25, -0.2) is 4.39 Å². The molecule has 2 aromatic rings. The first-order valence-electron chi connectivity index (χ1n) is 14.6. The fourth-order valence-electron chi connectivity index (χ4n) is 4.27. The molecule has 1 amide bonds. The van der Waals surface area contributed by atoms with Gasteiger partial charge in [0.15, 0.2) is 0 Å². The molecule has 6 nitrogen and oxygen atoms in total. The normalized spacial score (nSPS) is 14.6. The van der Waals surface area contributed by atoms with Crippen LogP contribution in [0.5, 0.6) is 11.5 Å². The van der Waals surface area contributed by atoms with Crippen LogP contribution in [0.25, 0.3) is 18.2 Å². The van der Waals surface area contributed by atoms with Crippen molar-refractivity contribution in [2.45, 2.75) is 46.2 Å². The molecule has 3 rings (SSSR count). The van der Waals surface area contributed by atoms with E-state index in [1.807, 2.05) is 31.2 Å². The molecule has 0 unspecified atom stereocenters. The summed E-state index contributed by atoms with van der Waals surface area (Å²) in [5.74, 6) is -0.185. The van der Waals surface area contributed by atoms with Gasteiger partial charge in [0, 0.05) is 6.08 Å². The van der Waals surface area contributed by atoms with Gasteiger partial charge in [-0.3, -0.25) is 4.79 Å². The van der Waals surface area contributed by atoms with Crippen molar-refractivity contribution >= 4 is 68.7 Å². The molecule has 0 aromatic heterocycles. The third kappa shape index (κ3) is 10.3. The van der Waals surface area contributed by atoms with E-state index in [2.05, 4.69) is 16.8 Å². The van der Waals surface area contributed by atoms with Gasteiger partial charge >= 0.3 is 182 Å². The van der Waals surface area contributed by atoms with E-state index in [1.54, 1.807) is 13.2 Å². The number of allylic oxidation sites excluding steroid dienone is 3. The van der Waals surface area contributed by atoms with Crippen molar-refractivity contribution in [2.75, 3.05) is 34.1 Å². The number of nitrogens with one attached hydrogen (secondary N) is 1. The van der Waals surface area contributed by atoms with E-state index < -0.39 is 64.3 Å². The van der Waals surface area contributed by atoms with Gasteiger partial charge in [-0.15, -0.1) is 0 Å². The number of ether oxygens (including phenoxy) is 2. The Morgan fingerprint density at radius 2 is 1.89 bits per heavy atom. The van der Waals surface area contributed by atoms with Crippen molar-refractivity contribution in [3.63, 3.8) is 0 Å². The van der Waals surface area contributed by atoms with Gasteiger partial charge in [-0.2, -0.15) is 13.2 Å². The molecule has 46 heavy (non-hydrogen) atoms. The quantitative estimate of drug-likeness (QED) is 0.0915. The second-order valence-electron chi connectivity index (χ2n) is 11.1. The van der Waals surface area contributed by atoms with Crippen LogP contribution in [0, 0.1) is 11.2 Å². The molecular formula is C34H41F4I2NO5.